The van der Waals surface area contributed by atoms with Crippen LogP contribution >= 0.6 is 46.1 Å². The minimum atomic E-state index is -0.527. The normalized spacial score (nSPS) is 11.0. The number of carbonyl (C=O) groups excluding carboxylic acids is 2. The molecular formula is C24H15Cl3N2O4S. The van der Waals surface area contributed by atoms with Crippen LogP contribution in [0.4, 0.5) is 0 Å². The Bertz CT molecular complexity index is 1390. The molecule has 1 aromatic heterocycles. The fraction of sp³-hybridized carbons (Fsp3) is 0.0417. The number of hydrogen-bond donors (Lipinski definition) is 1. The fourth-order valence-electron chi connectivity index (χ4n) is 2.87. The molecule has 0 radical (unpaired) electrons. The van der Waals surface area contributed by atoms with E-state index in [0.29, 0.717) is 37.0 Å². The van der Waals surface area contributed by atoms with E-state index in [-0.39, 0.29) is 6.61 Å². The molecule has 1 N–H and O–H groups in total. The zero-order chi connectivity index (χ0) is 24.1. The van der Waals surface area contributed by atoms with Crippen LogP contribution in [0.3, 0.4) is 0 Å². The number of benzene rings is 3. The van der Waals surface area contributed by atoms with Crippen molar-refractivity contribution >= 4 is 74.3 Å². The minimum absolute atomic E-state index is 0.270. The Morgan fingerprint density at radius 2 is 1.76 bits per heavy atom. The third-order valence-electron chi connectivity index (χ3n) is 4.47. The number of nitrogens with one attached hydrogen (secondary N) is 1. The van der Waals surface area contributed by atoms with E-state index >= 15 is 0 Å². The van der Waals surface area contributed by atoms with Crippen molar-refractivity contribution in [1.82, 2.24) is 5.43 Å². The predicted molar refractivity (Wildman–Crippen MR) is 136 cm³/mol. The van der Waals surface area contributed by atoms with Crippen LogP contribution in [0.1, 0.15) is 15.2 Å². The molecule has 0 unspecified atom stereocenters. The molecule has 0 saturated heterocycles. The average Bonchev–Trinajstić information content (AvgIpc) is 3.16. The number of halogens is 3. The van der Waals surface area contributed by atoms with E-state index in [2.05, 4.69) is 10.5 Å². The molecule has 0 aliphatic carbocycles. The van der Waals surface area contributed by atoms with Crippen LogP contribution in [-0.4, -0.2) is 24.7 Å². The second-order valence-electron chi connectivity index (χ2n) is 6.86. The van der Waals surface area contributed by atoms with Gasteiger partial charge in [-0.15, -0.1) is 11.3 Å². The van der Waals surface area contributed by atoms with Gasteiger partial charge in [0.15, 0.2) is 6.61 Å². The van der Waals surface area contributed by atoms with Gasteiger partial charge in [-0.2, -0.15) is 5.10 Å². The van der Waals surface area contributed by atoms with Crippen molar-refractivity contribution in [3.8, 4) is 11.5 Å². The third kappa shape index (κ3) is 5.87. The molecule has 0 aliphatic heterocycles. The Balaban J connectivity index is 1.29. The number of hydrogen-bond acceptors (Lipinski definition) is 6. The molecule has 0 fully saturated rings. The molecule has 0 spiro atoms. The van der Waals surface area contributed by atoms with Crippen molar-refractivity contribution in [1.29, 1.82) is 0 Å². The van der Waals surface area contributed by atoms with Crippen LogP contribution in [-0.2, 0) is 4.79 Å². The Labute approximate surface area is 213 Å². The first-order valence-electron chi connectivity index (χ1n) is 9.80. The highest BCUT2D eigenvalue weighted by Crippen LogP contribution is 2.35. The highest BCUT2D eigenvalue weighted by atomic mass is 35.5. The predicted octanol–water partition coefficient (Wildman–Crippen LogP) is 6.61. The zero-order valence-corrected chi connectivity index (χ0v) is 20.3. The van der Waals surface area contributed by atoms with Gasteiger partial charge < -0.3 is 9.47 Å². The summed E-state index contributed by atoms with van der Waals surface area (Å²) < 4.78 is 11.7. The van der Waals surface area contributed by atoms with Crippen LogP contribution in [0.15, 0.2) is 71.8 Å². The van der Waals surface area contributed by atoms with E-state index in [1.165, 1.54) is 23.6 Å². The van der Waals surface area contributed by atoms with Crippen molar-refractivity contribution in [2.24, 2.45) is 5.10 Å². The summed E-state index contributed by atoms with van der Waals surface area (Å²) in [4.78, 5) is 24.8. The number of hydrazone groups is 1. The minimum Gasteiger partial charge on any atom is -0.482 e. The summed E-state index contributed by atoms with van der Waals surface area (Å²) in [5.74, 6) is -0.297. The molecule has 34 heavy (non-hydrogen) atoms. The molecule has 4 aromatic rings. The van der Waals surface area contributed by atoms with E-state index in [0.717, 1.165) is 10.1 Å². The number of esters is 1. The topological polar surface area (TPSA) is 77.0 Å². The number of rotatable bonds is 7. The molecule has 4 rings (SSSR count). The SMILES string of the molecule is O=C(COc1ccc(Cl)cc1Cl)N/N=C/c1ccc(OC(=O)c2sc3ccccc3c2Cl)cc1. The molecule has 1 amide bonds. The highest BCUT2D eigenvalue weighted by Gasteiger charge is 2.18. The molecule has 0 atom stereocenters. The summed E-state index contributed by atoms with van der Waals surface area (Å²) in [5, 5.41) is 5.85. The summed E-state index contributed by atoms with van der Waals surface area (Å²) in [6.07, 6.45) is 1.45. The zero-order valence-electron chi connectivity index (χ0n) is 17.3. The van der Waals surface area contributed by atoms with Crippen molar-refractivity contribution < 1.29 is 19.1 Å². The number of amides is 1. The second-order valence-corrected chi connectivity index (χ2v) is 9.13. The summed E-state index contributed by atoms with van der Waals surface area (Å²) in [7, 11) is 0. The number of fused-ring (bicyclic) bond motifs is 1. The van der Waals surface area contributed by atoms with Gasteiger partial charge in [0, 0.05) is 15.1 Å². The standard InChI is InChI=1S/C24H15Cl3N2O4S/c25-15-7-10-19(18(26)11-15)32-13-21(30)29-28-12-14-5-8-16(9-6-14)33-24(31)23-22(27)17-3-1-2-4-20(17)34-23/h1-12H,13H2,(H,29,30)/b28-12+. The number of nitrogens with zero attached hydrogens (tertiary/aromatic N) is 1. The summed E-state index contributed by atoms with van der Waals surface area (Å²) in [5.41, 5.74) is 3.04. The van der Waals surface area contributed by atoms with Gasteiger partial charge in [0.05, 0.1) is 16.3 Å². The largest absolute Gasteiger partial charge is 0.482 e. The van der Waals surface area contributed by atoms with Gasteiger partial charge in [-0.05, 0) is 54.1 Å². The second kappa shape index (κ2) is 10.9. The summed E-state index contributed by atoms with van der Waals surface area (Å²) >= 11 is 19.4. The first-order valence-corrected chi connectivity index (χ1v) is 11.7. The lowest BCUT2D eigenvalue weighted by Crippen LogP contribution is -2.24. The van der Waals surface area contributed by atoms with Gasteiger partial charge in [-0.1, -0.05) is 53.0 Å². The van der Waals surface area contributed by atoms with E-state index < -0.39 is 11.9 Å². The molecule has 172 valence electrons. The monoisotopic (exact) mass is 532 g/mol. The molecule has 0 bridgehead atoms. The molecule has 6 nitrogen and oxygen atoms in total. The maximum absolute atomic E-state index is 12.5. The van der Waals surface area contributed by atoms with Crippen LogP contribution in [0, 0.1) is 0 Å². The van der Waals surface area contributed by atoms with Crippen LogP contribution in [0.5, 0.6) is 11.5 Å². The van der Waals surface area contributed by atoms with Crippen LogP contribution in [0.2, 0.25) is 15.1 Å². The van der Waals surface area contributed by atoms with Gasteiger partial charge >= 0.3 is 5.97 Å². The van der Waals surface area contributed by atoms with Gasteiger partial charge in [-0.3, -0.25) is 4.79 Å². The Hall–Kier alpha value is -3.10. The lowest BCUT2D eigenvalue weighted by molar-refractivity contribution is -0.123. The number of thiophene rings is 1. The Kier molecular flexibility index (Phi) is 7.70. The lowest BCUT2D eigenvalue weighted by Gasteiger charge is -2.07. The highest BCUT2D eigenvalue weighted by molar-refractivity contribution is 7.21. The summed E-state index contributed by atoms with van der Waals surface area (Å²) in [6.45, 7) is -0.270. The summed E-state index contributed by atoms with van der Waals surface area (Å²) in [6, 6.07) is 18.8. The van der Waals surface area contributed by atoms with Crippen LogP contribution in [0.25, 0.3) is 10.1 Å². The van der Waals surface area contributed by atoms with E-state index in [1.54, 1.807) is 36.4 Å². The average molecular weight is 534 g/mol. The van der Waals surface area contributed by atoms with Gasteiger partial charge in [0.25, 0.3) is 5.91 Å². The maximum Gasteiger partial charge on any atom is 0.355 e. The van der Waals surface area contributed by atoms with Gasteiger partial charge in [-0.25, -0.2) is 10.2 Å². The quantitative estimate of drug-likeness (QED) is 0.125. The molecule has 1 heterocycles. The smallest absolute Gasteiger partial charge is 0.355 e. The van der Waals surface area contributed by atoms with Gasteiger partial charge in [0.2, 0.25) is 0 Å². The van der Waals surface area contributed by atoms with Crippen molar-refractivity contribution in [3.63, 3.8) is 0 Å². The fourth-order valence-corrected chi connectivity index (χ4v) is 4.72. The van der Waals surface area contributed by atoms with E-state index in [1.807, 2.05) is 24.3 Å². The molecular weight excluding hydrogens is 519 g/mol. The van der Waals surface area contributed by atoms with Crippen LogP contribution < -0.4 is 14.9 Å². The number of ether oxygens (including phenoxy) is 2. The van der Waals surface area contributed by atoms with Crippen molar-refractivity contribution in [2.75, 3.05) is 6.61 Å². The van der Waals surface area contributed by atoms with E-state index in [9.17, 15) is 9.59 Å². The third-order valence-corrected chi connectivity index (χ3v) is 6.65. The van der Waals surface area contributed by atoms with Crippen molar-refractivity contribution in [2.45, 2.75) is 0 Å². The molecule has 0 aliphatic rings. The molecule has 0 saturated carbocycles. The Morgan fingerprint density at radius 1 is 1.00 bits per heavy atom. The van der Waals surface area contributed by atoms with E-state index in [4.69, 9.17) is 44.3 Å². The first-order chi connectivity index (χ1) is 16.4. The Morgan fingerprint density at radius 3 is 2.50 bits per heavy atom. The lowest BCUT2D eigenvalue weighted by atomic mass is 10.2. The van der Waals surface area contributed by atoms with Crippen molar-refractivity contribution in [3.05, 3.63) is 92.2 Å². The first kappa shape index (κ1) is 24.0. The molecule has 10 heteroatoms. The number of carbonyl (C=O) groups is 2. The molecule has 3 aromatic carbocycles. The maximum atomic E-state index is 12.5. The van der Waals surface area contributed by atoms with Gasteiger partial charge in [0.1, 0.15) is 16.4 Å².